The normalized spacial score (nSPS) is 35.3. The van der Waals surface area contributed by atoms with E-state index in [0.717, 1.165) is 23.8 Å². The molecule has 1 heterocycles. The van der Waals surface area contributed by atoms with Crippen LogP contribution in [-0.2, 0) is 0 Å². The van der Waals surface area contributed by atoms with Crippen LogP contribution in [0.3, 0.4) is 0 Å². The van der Waals surface area contributed by atoms with Crippen LogP contribution in [0.25, 0.3) is 0 Å². The highest BCUT2D eigenvalue weighted by Crippen LogP contribution is 2.41. The molecule has 2 aliphatic rings. The van der Waals surface area contributed by atoms with Gasteiger partial charge in [0.25, 0.3) is 0 Å². The van der Waals surface area contributed by atoms with Crippen LogP contribution >= 0.6 is 0 Å². The van der Waals surface area contributed by atoms with Crippen molar-refractivity contribution in [3.8, 4) is 0 Å². The first-order valence-corrected chi connectivity index (χ1v) is 9.33. The number of nitrogens with zero attached hydrogens (tertiary/aromatic N) is 1. The maximum absolute atomic E-state index is 3.61. The van der Waals surface area contributed by atoms with Crippen molar-refractivity contribution in [1.82, 2.24) is 10.2 Å². The Hall–Kier alpha value is -0.0800. The Morgan fingerprint density at radius 2 is 1.90 bits per heavy atom. The van der Waals surface area contributed by atoms with Crippen molar-refractivity contribution in [3.05, 3.63) is 0 Å². The highest BCUT2D eigenvalue weighted by atomic mass is 15.2. The van der Waals surface area contributed by atoms with Gasteiger partial charge in [0.15, 0.2) is 0 Å². The molecule has 4 unspecified atom stereocenters. The summed E-state index contributed by atoms with van der Waals surface area (Å²) in [5, 5.41) is 3.61. The molecule has 1 N–H and O–H groups in total. The Kier molecular flexibility index (Phi) is 6.14. The summed E-state index contributed by atoms with van der Waals surface area (Å²) in [6.07, 6.45) is 8.42. The highest BCUT2D eigenvalue weighted by Gasteiger charge is 2.36. The summed E-state index contributed by atoms with van der Waals surface area (Å²) in [5.41, 5.74) is 0.479. The molecule has 0 radical (unpaired) electrons. The molecule has 4 atom stereocenters. The van der Waals surface area contributed by atoms with E-state index < -0.39 is 0 Å². The lowest BCUT2D eigenvalue weighted by Gasteiger charge is -2.43. The number of hydrogen-bond donors (Lipinski definition) is 1. The van der Waals surface area contributed by atoms with E-state index in [1.807, 2.05) is 0 Å². The molecule has 2 nitrogen and oxygen atoms in total. The second-order valence-corrected chi connectivity index (χ2v) is 8.73. The van der Waals surface area contributed by atoms with Crippen molar-refractivity contribution in [3.63, 3.8) is 0 Å². The van der Waals surface area contributed by atoms with Gasteiger partial charge in [-0.1, -0.05) is 34.1 Å². The van der Waals surface area contributed by atoms with Crippen LogP contribution in [0.15, 0.2) is 0 Å². The molecule has 0 aromatic rings. The van der Waals surface area contributed by atoms with Crippen LogP contribution < -0.4 is 5.32 Å². The summed E-state index contributed by atoms with van der Waals surface area (Å²) in [6, 6.07) is 0.744. The molecule has 1 saturated carbocycles. The zero-order valence-electron chi connectivity index (χ0n) is 15.1. The monoisotopic (exact) mass is 294 g/mol. The van der Waals surface area contributed by atoms with Gasteiger partial charge in [0, 0.05) is 19.1 Å². The molecule has 1 saturated heterocycles. The summed E-state index contributed by atoms with van der Waals surface area (Å²) in [4.78, 5) is 2.76. The largest absolute Gasteiger partial charge is 0.317 e. The molecule has 0 bridgehead atoms. The molecule has 0 aromatic heterocycles. The van der Waals surface area contributed by atoms with E-state index in [-0.39, 0.29) is 0 Å². The third-order valence-electron chi connectivity index (χ3n) is 6.14. The maximum atomic E-state index is 3.61. The van der Waals surface area contributed by atoms with Crippen molar-refractivity contribution in [2.75, 3.05) is 26.7 Å². The SMILES string of the molecule is CCCC1CCN(CC2CC(C(C)(C)C)CCC2NC)C1. The standard InChI is InChI=1S/C19H38N2/c1-6-7-15-10-11-21(13-15)14-16-12-17(19(2,3)4)8-9-18(16)20-5/h15-18,20H,6-14H2,1-5H3. The van der Waals surface area contributed by atoms with E-state index in [4.69, 9.17) is 0 Å². The van der Waals surface area contributed by atoms with Gasteiger partial charge in [-0.15, -0.1) is 0 Å². The van der Waals surface area contributed by atoms with Crippen LogP contribution in [-0.4, -0.2) is 37.6 Å². The average Bonchev–Trinajstić information content (AvgIpc) is 2.85. The minimum atomic E-state index is 0.479. The highest BCUT2D eigenvalue weighted by molar-refractivity contribution is 4.91. The molecule has 1 aliphatic heterocycles. The van der Waals surface area contributed by atoms with Gasteiger partial charge in [0.2, 0.25) is 0 Å². The minimum Gasteiger partial charge on any atom is -0.317 e. The van der Waals surface area contributed by atoms with Gasteiger partial charge in [0.05, 0.1) is 0 Å². The lowest BCUT2D eigenvalue weighted by molar-refractivity contribution is 0.0947. The van der Waals surface area contributed by atoms with E-state index in [1.54, 1.807) is 0 Å². The van der Waals surface area contributed by atoms with Crippen LogP contribution in [0.2, 0.25) is 0 Å². The van der Waals surface area contributed by atoms with E-state index >= 15 is 0 Å². The van der Waals surface area contributed by atoms with Gasteiger partial charge < -0.3 is 10.2 Å². The third kappa shape index (κ3) is 4.69. The molecule has 0 spiro atoms. The van der Waals surface area contributed by atoms with Crippen molar-refractivity contribution in [1.29, 1.82) is 0 Å². The van der Waals surface area contributed by atoms with Crippen LogP contribution in [0, 0.1) is 23.2 Å². The van der Waals surface area contributed by atoms with Crippen molar-refractivity contribution < 1.29 is 0 Å². The lowest BCUT2D eigenvalue weighted by Crippen LogP contribution is -2.46. The molecule has 124 valence electrons. The fourth-order valence-electron chi connectivity index (χ4n) is 4.69. The summed E-state index contributed by atoms with van der Waals surface area (Å²) in [6.45, 7) is 13.7. The van der Waals surface area contributed by atoms with E-state index in [2.05, 4.69) is 45.0 Å². The Bertz CT molecular complexity index is 307. The van der Waals surface area contributed by atoms with Gasteiger partial charge in [-0.2, -0.15) is 0 Å². The van der Waals surface area contributed by atoms with E-state index in [9.17, 15) is 0 Å². The van der Waals surface area contributed by atoms with Crippen molar-refractivity contribution in [2.24, 2.45) is 23.2 Å². The summed E-state index contributed by atoms with van der Waals surface area (Å²) in [7, 11) is 2.17. The van der Waals surface area contributed by atoms with Crippen molar-refractivity contribution >= 4 is 0 Å². The molecular formula is C19H38N2. The first-order valence-electron chi connectivity index (χ1n) is 9.33. The lowest BCUT2D eigenvalue weighted by atomic mass is 9.67. The van der Waals surface area contributed by atoms with E-state index in [0.29, 0.717) is 5.41 Å². The summed E-state index contributed by atoms with van der Waals surface area (Å²) < 4.78 is 0. The summed E-state index contributed by atoms with van der Waals surface area (Å²) in [5.74, 6) is 2.74. The van der Waals surface area contributed by atoms with Crippen LogP contribution in [0.4, 0.5) is 0 Å². The van der Waals surface area contributed by atoms with E-state index in [1.165, 1.54) is 58.2 Å². The van der Waals surface area contributed by atoms with Crippen molar-refractivity contribution in [2.45, 2.75) is 72.3 Å². The zero-order valence-corrected chi connectivity index (χ0v) is 15.1. The molecule has 2 rings (SSSR count). The third-order valence-corrected chi connectivity index (χ3v) is 6.14. The summed E-state index contributed by atoms with van der Waals surface area (Å²) >= 11 is 0. The number of nitrogens with one attached hydrogen (secondary N) is 1. The van der Waals surface area contributed by atoms with Gasteiger partial charge >= 0.3 is 0 Å². The minimum absolute atomic E-state index is 0.479. The van der Waals surface area contributed by atoms with Crippen LogP contribution in [0.1, 0.15) is 66.2 Å². The number of rotatable bonds is 5. The first kappa shape index (κ1) is 17.3. The second-order valence-electron chi connectivity index (χ2n) is 8.73. The van der Waals surface area contributed by atoms with Gasteiger partial charge in [0.1, 0.15) is 0 Å². The topological polar surface area (TPSA) is 15.3 Å². The molecule has 21 heavy (non-hydrogen) atoms. The predicted molar refractivity (Wildman–Crippen MR) is 92.6 cm³/mol. The Morgan fingerprint density at radius 1 is 1.14 bits per heavy atom. The fraction of sp³-hybridized carbons (Fsp3) is 1.00. The van der Waals surface area contributed by atoms with Gasteiger partial charge in [-0.3, -0.25) is 0 Å². The Labute approximate surface area is 133 Å². The zero-order chi connectivity index (χ0) is 15.5. The predicted octanol–water partition coefficient (Wildman–Crippen LogP) is 4.16. The molecule has 1 aliphatic carbocycles. The molecule has 2 fully saturated rings. The fourth-order valence-corrected chi connectivity index (χ4v) is 4.69. The molecular weight excluding hydrogens is 256 g/mol. The number of hydrogen-bond acceptors (Lipinski definition) is 2. The Morgan fingerprint density at radius 3 is 2.52 bits per heavy atom. The Balaban J connectivity index is 1.89. The van der Waals surface area contributed by atoms with Gasteiger partial charge in [-0.25, -0.2) is 0 Å². The quantitative estimate of drug-likeness (QED) is 0.819. The average molecular weight is 295 g/mol. The second kappa shape index (κ2) is 7.46. The smallest absolute Gasteiger partial charge is 0.0105 e. The molecule has 2 heteroatoms. The molecule has 0 amide bonds. The number of likely N-dealkylation sites (tertiary alicyclic amines) is 1. The molecule has 0 aromatic carbocycles. The van der Waals surface area contributed by atoms with Gasteiger partial charge in [-0.05, 0) is 68.9 Å². The first-order chi connectivity index (χ1) is 9.94. The van der Waals surface area contributed by atoms with Crippen LogP contribution in [0.5, 0.6) is 0 Å². The maximum Gasteiger partial charge on any atom is 0.0105 e.